The van der Waals surface area contributed by atoms with Crippen LogP contribution in [0.5, 0.6) is 0 Å². The fourth-order valence-corrected chi connectivity index (χ4v) is 1.36. The first-order chi connectivity index (χ1) is 7.02. The number of amides is 1. The Morgan fingerprint density at radius 2 is 1.81 bits per heavy atom. The van der Waals surface area contributed by atoms with Crippen LogP contribution < -0.4 is 11.1 Å². The molecule has 0 aliphatic carbocycles. The molecular weight excluding hydrogens is 224 g/mol. The largest absolute Gasteiger partial charge is 0.324 e. The van der Waals surface area contributed by atoms with Crippen LogP contribution in [-0.4, -0.2) is 11.9 Å². The molecule has 0 spiro atoms. The van der Waals surface area contributed by atoms with Gasteiger partial charge in [-0.05, 0) is 24.5 Å². The van der Waals surface area contributed by atoms with Gasteiger partial charge >= 0.3 is 0 Å². The Morgan fingerprint density at radius 3 is 2.31 bits per heavy atom. The van der Waals surface area contributed by atoms with Crippen molar-refractivity contribution in [1.82, 2.24) is 0 Å². The number of nitrogens with two attached hydrogens (primary N) is 1. The second-order valence-corrected chi connectivity index (χ2v) is 4.02. The van der Waals surface area contributed by atoms with Gasteiger partial charge in [0.15, 0.2) is 0 Å². The van der Waals surface area contributed by atoms with Gasteiger partial charge in [-0.15, -0.1) is 12.4 Å². The maximum atomic E-state index is 11.5. The lowest BCUT2D eigenvalue weighted by Gasteiger charge is -2.14. The third-order valence-electron chi connectivity index (χ3n) is 2.25. The number of carbonyl (C=O) groups excluding carboxylic acids is 1. The maximum Gasteiger partial charge on any atom is 0.241 e. The highest BCUT2D eigenvalue weighted by Gasteiger charge is 2.11. The number of nitrogens with one attached hydrogen (secondary N) is 1. The minimum Gasteiger partial charge on any atom is -0.324 e. The number of anilines is 1. The van der Waals surface area contributed by atoms with Gasteiger partial charge in [0, 0.05) is 5.69 Å². The molecule has 90 valence electrons. The van der Waals surface area contributed by atoms with Crippen LogP contribution in [0.2, 0.25) is 0 Å². The number of para-hydroxylation sites is 1. The smallest absolute Gasteiger partial charge is 0.241 e. The van der Waals surface area contributed by atoms with Crippen molar-refractivity contribution in [3.05, 3.63) is 29.8 Å². The molecule has 1 aromatic rings. The van der Waals surface area contributed by atoms with Crippen molar-refractivity contribution < 1.29 is 4.79 Å². The maximum absolute atomic E-state index is 11.5. The first-order valence-electron chi connectivity index (χ1n) is 5.17. The number of halogens is 1. The van der Waals surface area contributed by atoms with Crippen LogP contribution in [0.4, 0.5) is 5.69 Å². The second kappa shape index (κ2) is 6.51. The highest BCUT2D eigenvalue weighted by Crippen LogP contribution is 2.23. The van der Waals surface area contributed by atoms with Crippen molar-refractivity contribution in [3.63, 3.8) is 0 Å². The van der Waals surface area contributed by atoms with E-state index in [0.29, 0.717) is 5.92 Å². The van der Waals surface area contributed by atoms with E-state index < -0.39 is 6.04 Å². The summed E-state index contributed by atoms with van der Waals surface area (Å²) in [4.78, 5) is 11.5. The molecule has 0 heterocycles. The topological polar surface area (TPSA) is 55.1 Å². The van der Waals surface area contributed by atoms with Crippen LogP contribution in [0.3, 0.4) is 0 Å². The van der Waals surface area contributed by atoms with E-state index in [4.69, 9.17) is 5.73 Å². The fourth-order valence-electron chi connectivity index (χ4n) is 1.36. The molecule has 1 amide bonds. The average Bonchev–Trinajstić information content (AvgIpc) is 2.18. The summed E-state index contributed by atoms with van der Waals surface area (Å²) in [6, 6.07) is 7.31. The Kier molecular flexibility index (Phi) is 6.08. The van der Waals surface area contributed by atoms with E-state index >= 15 is 0 Å². The van der Waals surface area contributed by atoms with Crippen LogP contribution in [0.15, 0.2) is 24.3 Å². The third kappa shape index (κ3) is 3.83. The molecule has 0 saturated heterocycles. The van der Waals surface area contributed by atoms with Crippen molar-refractivity contribution in [3.8, 4) is 0 Å². The summed E-state index contributed by atoms with van der Waals surface area (Å²) in [5.74, 6) is 0.234. The average molecular weight is 243 g/mol. The Balaban J connectivity index is 0.00000225. The van der Waals surface area contributed by atoms with Crippen LogP contribution in [-0.2, 0) is 4.79 Å². The standard InChI is InChI=1S/C12H18N2O.ClH/c1-8(2)10-6-4-5-7-11(10)14-12(15)9(3)13;/h4-9H,13H2,1-3H3,(H,14,15);1H/t9-;/m0./s1. The highest BCUT2D eigenvalue weighted by molar-refractivity contribution is 5.95. The van der Waals surface area contributed by atoms with Gasteiger partial charge in [0.2, 0.25) is 5.91 Å². The molecule has 1 rings (SSSR count). The van der Waals surface area contributed by atoms with Crippen LogP contribution in [0.25, 0.3) is 0 Å². The molecule has 0 aromatic heterocycles. The summed E-state index contributed by atoms with van der Waals surface area (Å²) in [6.45, 7) is 5.86. The molecule has 3 nitrogen and oxygen atoms in total. The van der Waals surface area contributed by atoms with Gasteiger partial charge in [0.05, 0.1) is 6.04 Å². The summed E-state index contributed by atoms with van der Waals surface area (Å²) >= 11 is 0. The first kappa shape index (κ1) is 14.9. The molecule has 1 atom stereocenters. The predicted molar refractivity (Wildman–Crippen MR) is 70.1 cm³/mol. The molecule has 0 unspecified atom stereocenters. The van der Waals surface area contributed by atoms with Crippen molar-refractivity contribution in [2.24, 2.45) is 5.73 Å². The molecule has 0 radical (unpaired) electrons. The minimum absolute atomic E-state index is 0. The zero-order valence-electron chi connectivity index (χ0n) is 9.86. The predicted octanol–water partition coefficient (Wildman–Crippen LogP) is 2.52. The lowest BCUT2D eigenvalue weighted by Crippen LogP contribution is -2.32. The molecule has 0 bridgehead atoms. The molecule has 0 saturated carbocycles. The van der Waals surface area contributed by atoms with Crippen molar-refractivity contribution >= 4 is 24.0 Å². The van der Waals surface area contributed by atoms with Gasteiger partial charge in [-0.3, -0.25) is 4.79 Å². The molecule has 0 aliphatic rings. The van der Waals surface area contributed by atoms with E-state index in [1.54, 1.807) is 6.92 Å². The van der Waals surface area contributed by atoms with E-state index in [9.17, 15) is 4.79 Å². The Labute approximate surface area is 103 Å². The second-order valence-electron chi connectivity index (χ2n) is 4.02. The number of benzene rings is 1. The van der Waals surface area contributed by atoms with Gasteiger partial charge in [0.25, 0.3) is 0 Å². The van der Waals surface area contributed by atoms with E-state index in [1.165, 1.54) is 0 Å². The summed E-state index contributed by atoms with van der Waals surface area (Å²) in [5.41, 5.74) is 7.49. The van der Waals surface area contributed by atoms with E-state index in [2.05, 4.69) is 19.2 Å². The summed E-state index contributed by atoms with van der Waals surface area (Å²) in [6.07, 6.45) is 0. The Bertz CT molecular complexity index is 351. The number of rotatable bonds is 3. The third-order valence-corrected chi connectivity index (χ3v) is 2.25. The number of hydrogen-bond donors (Lipinski definition) is 2. The number of hydrogen-bond acceptors (Lipinski definition) is 2. The molecule has 4 heteroatoms. The number of carbonyl (C=O) groups is 1. The van der Waals surface area contributed by atoms with Crippen LogP contribution in [0, 0.1) is 0 Å². The van der Waals surface area contributed by atoms with E-state index in [0.717, 1.165) is 11.3 Å². The summed E-state index contributed by atoms with van der Waals surface area (Å²) in [5, 5.41) is 2.83. The fraction of sp³-hybridized carbons (Fsp3) is 0.417. The van der Waals surface area contributed by atoms with Gasteiger partial charge in [-0.25, -0.2) is 0 Å². The zero-order valence-corrected chi connectivity index (χ0v) is 10.7. The van der Waals surface area contributed by atoms with Crippen molar-refractivity contribution in [2.75, 3.05) is 5.32 Å². The molecular formula is C12H19ClN2O. The molecule has 16 heavy (non-hydrogen) atoms. The molecule has 0 aliphatic heterocycles. The zero-order chi connectivity index (χ0) is 11.4. The minimum atomic E-state index is -0.481. The van der Waals surface area contributed by atoms with Crippen molar-refractivity contribution in [1.29, 1.82) is 0 Å². The SMILES string of the molecule is CC(C)c1ccccc1NC(=O)[C@H](C)N.Cl. The van der Waals surface area contributed by atoms with Gasteiger partial charge in [-0.2, -0.15) is 0 Å². The molecule has 3 N–H and O–H groups in total. The van der Waals surface area contributed by atoms with Gasteiger partial charge in [0.1, 0.15) is 0 Å². The Hall–Kier alpha value is -1.06. The van der Waals surface area contributed by atoms with Crippen LogP contribution in [0.1, 0.15) is 32.3 Å². The lowest BCUT2D eigenvalue weighted by atomic mass is 10.0. The highest BCUT2D eigenvalue weighted by atomic mass is 35.5. The van der Waals surface area contributed by atoms with Gasteiger partial charge < -0.3 is 11.1 Å². The lowest BCUT2D eigenvalue weighted by molar-refractivity contribution is -0.117. The van der Waals surface area contributed by atoms with E-state index in [1.807, 2.05) is 24.3 Å². The quantitative estimate of drug-likeness (QED) is 0.856. The van der Waals surface area contributed by atoms with Gasteiger partial charge in [-0.1, -0.05) is 32.0 Å². The van der Waals surface area contributed by atoms with Crippen LogP contribution >= 0.6 is 12.4 Å². The van der Waals surface area contributed by atoms with Crippen molar-refractivity contribution in [2.45, 2.75) is 32.7 Å². The molecule has 1 aromatic carbocycles. The summed E-state index contributed by atoms with van der Waals surface area (Å²) in [7, 11) is 0. The summed E-state index contributed by atoms with van der Waals surface area (Å²) < 4.78 is 0. The monoisotopic (exact) mass is 242 g/mol. The Morgan fingerprint density at radius 1 is 1.25 bits per heavy atom. The normalized spacial score (nSPS) is 11.8. The molecule has 0 fully saturated rings. The first-order valence-corrected chi connectivity index (χ1v) is 5.17. The van der Waals surface area contributed by atoms with E-state index in [-0.39, 0.29) is 18.3 Å².